The van der Waals surface area contributed by atoms with Gasteiger partial charge in [-0.15, -0.1) is 0 Å². The highest BCUT2D eigenvalue weighted by atomic mass is 16.5. The van der Waals surface area contributed by atoms with Gasteiger partial charge in [-0.25, -0.2) is 5.48 Å². The zero-order valence-electron chi connectivity index (χ0n) is 17.2. The molecular formula is C24H26N4O5. The molecule has 2 rings (SSSR count). The summed E-state index contributed by atoms with van der Waals surface area (Å²) in [6.45, 7) is 1.17. The molecule has 0 unspecified atom stereocenters. The molecule has 7 N–H and O–H groups in total. The van der Waals surface area contributed by atoms with Crippen molar-refractivity contribution < 1.29 is 24.7 Å². The minimum atomic E-state index is -1.31. The molecule has 172 valence electrons. The van der Waals surface area contributed by atoms with Crippen molar-refractivity contribution in [1.29, 1.82) is 0 Å². The fourth-order valence-corrected chi connectivity index (χ4v) is 2.51. The fraction of sp³-hybridized carbons (Fsp3) is 0.208. The van der Waals surface area contributed by atoms with Crippen molar-refractivity contribution in [3.05, 3.63) is 65.2 Å². The van der Waals surface area contributed by atoms with E-state index in [1.807, 2.05) is 0 Å². The first-order valence-electron chi connectivity index (χ1n) is 9.49. The van der Waals surface area contributed by atoms with Crippen LogP contribution in [-0.4, -0.2) is 46.7 Å². The van der Waals surface area contributed by atoms with Gasteiger partial charge in [0.05, 0.1) is 18.3 Å². The van der Waals surface area contributed by atoms with Crippen molar-refractivity contribution in [3.63, 3.8) is 0 Å². The van der Waals surface area contributed by atoms with Crippen molar-refractivity contribution in [2.75, 3.05) is 11.9 Å². The summed E-state index contributed by atoms with van der Waals surface area (Å²) in [6.07, 6.45) is -1.21. The van der Waals surface area contributed by atoms with E-state index < -0.39 is 24.0 Å². The van der Waals surface area contributed by atoms with E-state index >= 15 is 0 Å². The number of carbonyl (C=O) groups excluding carboxylic acids is 3. The number of aliphatic hydroxyl groups excluding tert-OH is 1. The maximum absolute atomic E-state index is 12.3. The number of nitrogens with two attached hydrogens (primary N) is 1. The molecule has 3 amide bonds. The van der Waals surface area contributed by atoms with Crippen molar-refractivity contribution in [2.24, 2.45) is 5.73 Å². The molecule has 2 aromatic carbocycles. The lowest BCUT2D eigenvalue weighted by Crippen LogP contribution is -2.51. The second-order valence-corrected chi connectivity index (χ2v) is 6.54. The van der Waals surface area contributed by atoms with Gasteiger partial charge < -0.3 is 21.5 Å². The van der Waals surface area contributed by atoms with E-state index in [1.165, 1.54) is 24.5 Å². The molecule has 0 aliphatic rings. The predicted octanol–water partition coefficient (Wildman–Crippen LogP) is 0.608. The van der Waals surface area contributed by atoms with Crippen LogP contribution in [0.15, 0.2) is 48.5 Å². The average molecular weight is 450 g/mol. The molecule has 0 bridgehead atoms. The van der Waals surface area contributed by atoms with Crippen molar-refractivity contribution >= 4 is 23.4 Å². The Hall–Kier alpha value is -4.15. The molecule has 0 fully saturated rings. The second-order valence-electron chi connectivity index (χ2n) is 6.54. The van der Waals surface area contributed by atoms with E-state index in [2.05, 4.69) is 34.3 Å². The molecule has 2 aromatic rings. The predicted molar refractivity (Wildman–Crippen MR) is 124 cm³/mol. The average Bonchev–Trinajstić information content (AvgIpc) is 2.80. The second kappa shape index (κ2) is 13.3. The van der Waals surface area contributed by atoms with Crippen LogP contribution in [0.25, 0.3) is 0 Å². The number of rotatable bonds is 6. The van der Waals surface area contributed by atoms with Crippen molar-refractivity contribution in [1.82, 2.24) is 10.8 Å². The van der Waals surface area contributed by atoms with E-state index in [-0.39, 0.29) is 25.4 Å². The number of para-hydroxylation sites is 1. The van der Waals surface area contributed by atoms with Crippen LogP contribution in [0.5, 0.6) is 0 Å². The Morgan fingerprint density at radius 1 is 1.03 bits per heavy atom. The minimum Gasteiger partial charge on any atom is -0.391 e. The third-order valence-corrected chi connectivity index (χ3v) is 4.16. The Kier molecular flexibility index (Phi) is 10.8. The number of carbonyl (C=O) groups is 3. The van der Waals surface area contributed by atoms with E-state index in [0.717, 1.165) is 0 Å². The van der Waals surface area contributed by atoms with Crippen LogP contribution in [0.2, 0.25) is 0 Å². The zero-order valence-corrected chi connectivity index (χ0v) is 17.2. The highest BCUT2D eigenvalue weighted by molar-refractivity contribution is 5.97. The topological polar surface area (TPSA) is 154 Å². The monoisotopic (exact) mass is 450 g/mol. The van der Waals surface area contributed by atoms with Crippen LogP contribution in [0.1, 0.15) is 35.8 Å². The molecule has 9 nitrogen and oxygen atoms in total. The smallest absolute Gasteiger partial charge is 0.268 e. The summed E-state index contributed by atoms with van der Waals surface area (Å²) in [5, 5.41) is 23.3. The Morgan fingerprint density at radius 3 is 2.27 bits per heavy atom. The van der Waals surface area contributed by atoms with E-state index in [4.69, 9.17) is 10.9 Å². The molecule has 9 heteroatoms. The minimum absolute atomic E-state index is 0. The number of hydroxylamine groups is 1. The Balaban J connectivity index is 0.00000544. The third-order valence-electron chi connectivity index (χ3n) is 4.16. The first-order valence-corrected chi connectivity index (χ1v) is 9.49. The SMILES string of the molecule is C.C[C@@H](O)[C@H](NC(=O)c1ccc(C#CC#Cc2ccccc2NC(=O)CN)cc1)C(=O)NO. The summed E-state index contributed by atoms with van der Waals surface area (Å²) in [4.78, 5) is 35.3. The number of benzene rings is 2. The largest absolute Gasteiger partial charge is 0.391 e. The summed E-state index contributed by atoms with van der Waals surface area (Å²) in [5.74, 6) is 9.25. The standard InChI is InChI=1S/C23H22N4O5.CH4/c1-15(28)21(23(31)27-32)26-22(30)18-12-10-16(11-13-18)6-2-3-7-17-8-4-5-9-19(17)25-20(29)14-24;/h4-5,8-13,15,21,28,32H,14,24H2,1H3,(H,25,29)(H,26,30)(H,27,31);1H4/t15-,21+;/m1./s1. The summed E-state index contributed by atoms with van der Waals surface area (Å²) in [6, 6.07) is 11.9. The van der Waals surface area contributed by atoms with Crippen LogP contribution >= 0.6 is 0 Å². The lowest BCUT2D eigenvalue weighted by atomic mass is 10.1. The molecule has 0 radical (unpaired) electrons. The summed E-state index contributed by atoms with van der Waals surface area (Å²) in [7, 11) is 0. The first-order chi connectivity index (χ1) is 15.3. The lowest BCUT2D eigenvalue weighted by Gasteiger charge is -2.19. The van der Waals surface area contributed by atoms with Crippen LogP contribution in [0.3, 0.4) is 0 Å². The quantitative estimate of drug-likeness (QED) is 0.215. The molecule has 0 aromatic heterocycles. The summed E-state index contributed by atoms with van der Waals surface area (Å²) >= 11 is 0. The van der Waals surface area contributed by atoms with Gasteiger partial charge in [0.15, 0.2) is 0 Å². The number of hydrogen-bond acceptors (Lipinski definition) is 6. The van der Waals surface area contributed by atoms with Crippen LogP contribution in [0.4, 0.5) is 5.69 Å². The number of aliphatic hydroxyl groups is 1. The van der Waals surface area contributed by atoms with Gasteiger partial charge in [0.2, 0.25) is 5.91 Å². The zero-order chi connectivity index (χ0) is 23.5. The van der Waals surface area contributed by atoms with Gasteiger partial charge in [0, 0.05) is 16.7 Å². The van der Waals surface area contributed by atoms with Crippen LogP contribution in [0, 0.1) is 23.7 Å². The highest BCUT2D eigenvalue weighted by Crippen LogP contribution is 2.13. The van der Waals surface area contributed by atoms with Crippen molar-refractivity contribution in [3.8, 4) is 23.7 Å². The van der Waals surface area contributed by atoms with E-state index in [1.54, 1.807) is 36.4 Å². The number of amides is 3. The van der Waals surface area contributed by atoms with E-state index in [0.29, 0.717) is 16.8 Å². The number of nitrogens with one attached hydrogen (secondary N) is 3. The molecule has 2 atom stereocenters. The van der Waals surface area contributed by atoms with Gasteiger partial charge in [-0.05, 0) is 55.2 Å². The summed E-state index contributed by atoms with van der Waals surface area (Å²) in [5.41, 5.74) is 8.67. The molecule has 0 saturated carbocycles. The van der Waals surface area contributed by atoms with Gasteiger partial charge in [-0.2, -0.15) is 0 Å². The molecule has 0 aliphatic heterocycles. The Bertz CT molecular complexity index is 1110. The van der Waals surface area contributed by atoms with Gasteiger partial charge in [-0.1, -0.05) is 31.4 Å². The molecule has 33 heavy (non-hydrogen) atoms. The fourth-order valence-electron chi connectivity index (χ4n) is 2.51. The molecule has 0 aliphatic carbocycles. The highest BCUT2D eigenvalue weighted by Gasteiger charge is 2.25. The van der Waals surface area contributed by atoms with E-state index in [9.17, 15) is 19.5 Å². The van der Waals surface area contributed by atoms with Crippen molar-refractivity contribution in [2.45, 2.75) is 26.5 Å². The number of anilines is 1. The van der Waals surface area contributed by atoms with Crippen LogP contribution < -0.4 is 21.8 Å². The summed E-state index contributed by atoms with van der Waals surface area (Å²) < 4.78 is 0. The maximum atomic E-state index is 12.3. The van der Waals surface area contributed by atoms with Crippen LogP contribution in [-0.2, 0) is 9.59 Å². The molecule has 0 saturated heterocycles. The molecular weight excluding hydrogens is 424 g/mol. The van der Waals surface area contributed by atoms with Gasteiger partial charge >= 0.3 is 0 Å². The Labute approximate surface area is 192 Å². The van der Waals surface area contributed by atoms with Gasteiger partial charge in [0.25, 0.3) is 11.8 Å². The first kappa shape index (κ1) is 26.9. The molecule has 0 heterocycles. The van der Waals surface area contributed by atoms with Gasteiger partial charge in [-0.3, -0.25) is 19.6 Å². The number of hydrogen-bond donors (Lipinski definition) is 6. The third kappa shape index (κ3) is 8.13. The maximum Gasteiger partial charge on any atom is 0.268 e. The normalized spacial score (nSPS) is 11.2. The van der Waals surface area contributed by atoms with Gasteiger partial charge in [0.1, 0.15) is 6.04 Å². The molecule has 0 spiro atoms. The Morgan fingerprint density at radius 2 is 1.67 bits per heavy atom. The lowest BCUT2D eigenvalue weighted by molar-refractivity contribution is -0.133.